The third kappa shape index (κ3) is 2.06. The fourth-order valence-electron chi connectivity index (χ4n) is 1.94. The molecule has 0 radical (unpaired) electrons. The number of hydroxylamine groups is 2. The van der Waals surface area contributed by atoms with Crippen LogP contribution < -0.4 is 0 Å². The van der Waals surface area contributed by atoms with Gasteiger partial charge < -0.3 is 9.84 Å². The lowest BCUT2D eigenvalue weighted by molar-refractivity contribution is -0.256. The van der Waals surface area contributed by atoms with Crippen LogP contribution >= 0.6 is 0 Å². The Balaban J connectivity index is 2.34. The van der Waals surface area contributed by atoms with E-state index < -0.39 is 45.3 Å². The van der Waals surface area contributed by atoms with Gasteiger partial charge in [0.15, 0.2) is 15.1 Å². The summed E-state index contributed by atoms with van der Waals surface area (Å²) in [5.41, 5.74) is -2.27. The molecule has 106 valence electrons. The minimum absolute atomic E-state index is 0.191. The zero-order valence-corrected chi connectivity index (χ0v) is 10.7. The van der Waals surface area contributed by atoms with Gasteiger partial charge in [0.05, 0.1) is 6.42 Å². The van der Waals surface area contributed by atoms with Gasteiger partial charge in [0, 0.05) is 12.7 Å². The summed E-state index contributed by atoms with van der Waals surface area (Å²) in [6, 6.07) is 0. The number of carbonyl (C=O) groups excluding carboxylic acids is 2. The lowest BCUT2D eigenvalue weighted by atomic mass is 10.1. The number of amides is 1. The second-order valence-corrected chi connectivity index (χ2v) is 6.54. The molecule has 2 heterocycles. The highest BCUT2D eigenvalue weighted by molar-refractivity contribution is 7.92. The highest BCUT2D eigenvalue weighted by atomic mass is 32.2. The van der Waals surface area contributed by atoms with E-state index in [1.165, 1.54) is 0 Å². The minimum Gasteiger partial charge on any atom is -0.477 e. The smallest absolute Gasteiger partial charge is 0.372 e. The average Bonchev–Trinajstić information content (AvgIpc) is 2.81. The van der Waals surface area contributed by atoms with Gasteiger partial charge >= 0.3 is 17.7 Å². The Kier molecular flexibility index (Phi) is 3.01. The Bertz CT molecular complexity index is 555. The molecule has 2 saturated heterocycles. The van der Waals surface area contributed by atoms with Crippen molar-refractivity contribution in [3.05, 3.63) is 0 Å². The van der Waals surface area contributed by atoms with Crippen molar-refractivity contribution in [2.45, 2.75) is 23.8 Å². The highest BCUT2D eigenvalue weighted by Gasteiger charge is 2.60. The Labute approximate surface area is 107 Å². The first-order chi connectivity index (χ1) is 8.68. The first-order valence-corrected chi connectivity index (χ1v) is 7.25. The lowest BCUT2D eigenvalue weighted by Gasteiger charge is -2.30. The van der Waals surface area contributed by atoms with Crippen molar-refractivity contribution in [2.75, 3.05) is 12.9 Å². The van der Waals surface area contributed by atoms with Crippen LogP contribution in [0, 0.1) is 0 Å². The van der Waals surface area contributed by atoms with E-state index in [-0.39, 0.29) is 12.8 Å². The number of hydrogen-bond donors (Lipinski definition) is 1. The standard InChI is InChI=1S/C9H11NO8S/c1-19(15,16)5-4-17-10(7(5)12)9(8(13)14)3-2-6(11)18-9/h5H,2-4H2,1H3,(H,13,14)/t5-,9?/m0/s1. The molecule has 2 aliphatic heterocycles. The van der Waals surface area contributed by atoms with Crippen LogP contribution in [0.25, 0.3) is 0 Å². The van der Waals surface area contributed by atoms with Crippen LogP contribution in [-0.2, 0) is 33.8 Å². The van der Waals surface area contributed by atoms with Crippen LogP contribution in [0.2, 0.25) is 0 Å². The average molecular weight is 293 g/mol. The minimum atomic E-state index is -3.73. The van der Waals surface area contributed by atoms with Gasteiger partial charge in [0.2, 0.25) is 0 Å². The fourth-order valence-corrected chi connectivity index (χ4v) is 2.71. The highest BCUT2D eigenvalue weighted by Crippen LogP contribution is 2.34. The normalized spacial score (nSPS) is 31.6. The maximum absolute atomic E-state index is 11.9. The molecule has 1 unspecified atom stereocenters. The van der Waals surface area contributed by atoms with Crippen LogP contribution in [0.15, 0.2) is 0 Å². The summed E-state index contributed by atoms with van der Waals surface area (Å²) in [5, 5.41) is 8.02. The molecular weight excluding hydrogens is 282 g/mol. The third-order valence-corrected chi connectivity index (χ3v) is 4.33. The molecular formula is C9H11NO8S. The molecule has 0 aromatic heterocycles. The van der Waals surface area contributed by atoms with Gasteiger partial charge in [-0.1, -0.05) is 0 Å². The molecule has 0 aliphatic carbocycles. The number of sulfone groups is 1. The van der Waals surface area contributed by atoms with E-state index in [0.29, 0.717) is 5.06 Å². The topological polar surface area (TPSA) is 127 Å². The van der Waals surface area contributed by atoms with Crippen molar-refractivity contribution >= 4 is 27.7 Å². The number of aliphatic carboxylic acids is 1. The number of esters is 1. The van der Waals surface area contributed by atoms with Crippen LogP contribution in [0.5, 0.6) is 0 Å². The summed E-state index contributed by atoms with van der Waals surface area (Å²) in [5.74, 6) is -3.41. The number of carboxylic acid groups (broad SMARTS) is 1. The quantitative estimate of drug-likeness (QED) is 0.609. The van der Waals surface area contributed by atoms with Crippen molar-refractivity contribution in [2.24, 2.45) is 0 Å². The summed E-state index contributed by atoms with van der Waals surface area (Å²) >= 11 is 0. The molecule has 1 N–H and O–H groups in total. The largest absolute Gasteiger partial charge is 0.477 e. The number of nitrogens with zero attached hydrogens (tertiary/aromatic N) is 1. The van der Waals surface area contributed by atoms with E-state index in [1.807, 2.05) is 0 Å². The molecule has 19 heavy (non-hydrogen) atoms. The van der Waals surface area contributed by atoms with E-state index in [1.54, 1.807) is 0 Å². The molecule has 0 saturated carbocycles. The van der Waals surface area contributed by atoms with E-state index >= 15 is 0 Å². The summed E-state index contributed by atoms with van der Waals surface area (Å²) in [6.07, 6.45) is 0.364. The molecule has 10 heteroatoms. The zero-order chi connectivity index (χ0) is 14.4. The molecule has 9 nitrogen and oxygen atoms in total. The number of ether oxygens (including phenoxy) is 1. The number of carboxylic acids is 1. The van der Waals surface area contributed by atoms with E-state index in [2.05, 4.69) is 4.74 Å². The number of rotatable bonds is 3. The predicted molar refractivity (Wildman–Crippen MR) is 57.1 cm³/mol. The van der Waals surface area contributed by atoms with E-state index in [9.17, 15) is 22.8 Å². The second-order valence-electron chi connectivity index (χ2n) is 4.31. The fraction of sp³-hybridized carbons (Fsp3) is 0.667. The van der Waals surface area contributed by atoms with Gasteiger partial charge in [-0.3, -0.25) is 14.4 Å². The molecule has 2 aliphatic rings. The number of hydrogen-bond acceptors (Lipinski definition) is 7. The molecule has 2 atom stereocenters. The molecule has 2 rings (SSSR count). The Morgan fingerprint density at radius 1 is 1.47 bits per heavy atom. The predicted octanol–water partition coefficient (Wildman–Crippen LogP) is -1.71. The summed E-state index contributed by atoms with van der Waals surface area (Å²) < 4.78 is 27.4. The van der Waals surface area contributed by atoms with Crippen molar-refractivity contribution in [3.8, 4) is 0 Å². The molecule has 2 fully saturated rings. The molecule has 0 spiro atoms. The monoisotopic (exact) mass is 293 g/mol. The Morgan fingerprint density at radius 3 is 2.47 bits per heavy atom. The van der Waals surface area contributed by atoms with Crippen molar-refractivity contribution < 1.29 is 37.5 Å². The van der Waals surface area contributed by atoms with E-state index in [4.69, 9.17) is 9.94 Å². The Morgan fingerprint density at radius 2 is 2.11 bits per heavy atom. The molecule has 0 bridgehead atoms. The van der Waals surface area contributed by atoms with Crippen LogP contribution in [0.4, 0.5) is 0 Å². The van der Waals surface area contributed by atoms with E-state index in [0.717, 1.165) is 6.26 Å². The van der Waals surface area contributed by atoms with Crippen LogP contribution in [0.3, 0.4) is 0 Å². The van der Waals surface area contributed by atoms with Crippen molar-refractivity contribution in [3.63, 3.8) is 0 Å². The molecule has 1 amide bonds. The number of cyclic esters (lactones) is 1. The van der Waals surface area contributed by atoms with Gasteiger partial charge in [0.1, 0.15) is 6.61 Å². The third-order valence-electron chi connectivity index (χ3n) is 2.96. The summed E-state index contributed by atoms with van der Waals surface area (Å²) in [4.78, 5) is 39.1. The van der Waals surface area contributed by atoms with Gasteiger partial charge in [-0.15, -0.1) is 0 Å². The van der Waals surface area contributed by atoms with Gasteiger partial charge in [-0.2, -0.15) is 5.06 Å². The van der Waals surface area contributed by atoms with Gasteiger partial charge in [-0.05, 0) is 0 Å². The zero-order valence-electron chi connectivity index (χ0n) is 9.86. The molecule has 0 aromatic rings. The van der Waals surface area contributed by atoms with Crippen molar-refractivity contribution in [1.29, 1.82) is 0 Å². The second kappa shape index (κ2) is 4.17. The lowest BCUT2D eigenvalue weighted by Crippen LogP contribution is -2.55. The molecule has 0 aromatic carbocycles. The van der Waals surface area contributed by atoms with Crippen LogP contribution in [0.1, 0.15) is 12.8 Å². The van der Waals surface area contributed by atoms with Gasteiger partial charge in [0.25, 0.3) is 5.91 Å². The van der Waals surface area contributed by atoms with Gasteiger partial charge in [-0.25, -0.2) is 13.2 Å². The van der Waals surface area contributed by atoms with Crippen molar-refractivity contribution in [1.82, 2.24) is 5.06 Å². The maximum Gasteiger partial charge on any atom is 0.372 e. The first kappa shape index (κ1) is 13.7. The summed E-state index contributed by atoms with van der Waals surface area (Å²) in [6.45, 7) is -0.496. The Hall–Kier alpha value is -1.68. The number of carbonyl (C=O) groups is 3. The summed E-state index contributed by atoms with van der Waals surface area (Å²) in [7, 11) is -3.73. The first-order valence-electron chi connectivity index (χ1n) is 5.29. The van der Waals surface area contributed by atoms with Crippen LogP contribution in [-0.4, -0.2) is 60.3 Å². The maximum atomic E-state index is 11.9. The SMILES string of the molecule is CS(=O)(=O)[C@H]1CON(C2(C(=O)O)CCC(=O)O2)C1=O.